The fraction of sp³-hybridized carbons (Fsp3) is 0.667. The van der Waals surface area contributed by atoms with Crippen LogP contribution in [0, 0.1) is 0 Å². The Kier molecular flexibility index (Phi) is 5.16. The van der Waals surface area contributed by atoms with Gasteiger partial charge in [0.05, 0.1) is 0 Å². The molecule has 3 nitrogen and oxygen atoms in total. The van der Waals surface area contributed by atoms with Crippen molar-refractivity contribution in [3.63, 3.8) is 0 Å². The molecule has 0 aliphatic carbocycles. The van der Waals surface area contributed by atoms with Gasteiger partial charge in [-0.1, -0.05) is 6.92 Å². The summed E-state index contributed by atoms with van der Waals surface area (Å²) in [6.07, 6.45) is 4.42. The molecule has 1 atom stereocenters. The van der Waals surface area contributed by atoms with E-state index in [0.29, 0.717) is 0 Å². The largest absolute Gasteiger partial charge is 0.446 e. The summed E-state index contributed by atoms with van der Waals surface area (Å²) in [7, 11) is 0. The minimum Gasteiger partial charge on any atom is -0.446 e. The second-order valence-electron chi connectivity index (χ2n) is 4.31. The topological polar surface area (TPSA) is 42.4 Å². The summed E-state index contributed by atoms with van der Waals surface area (Å²) in [5, 5.41) is 0. The quantitative estimate of drug-likeness (QED) is 0.885. The minimum absolute atomic E-state index is 0. The van der Waals surface area contributed by atoms with Gasteiger partial charge >= 0.3 is 0 Å². The zero-order valence-electron chi connectivity index (χ0n) is 9.82. The van der Waals surface area contributed by atoms with Gasteiger partial charge in [-0.05, 0) is 25.3 Å². The lowest BCUT2D eigenvalue weighted by Crippen LogP contribution is -2.21. The summed E-state index contributed by atoms with van der Waals surface area (Å²) in [5.41, 5.74) is 5.89. The van der Waals surface area contributed by atoms with Gasteiger partial charge in [-0.25, -0.2) is 0 Å². The molecule has 0 amide bonds. The Balaban J connectivity index is 0.00000128. The lowest BCUT2D eigenvalue weighted by Gasteiger charge is -2.13. The fourth-order valence-corrected chi connectivity index (χ4v) is 1.99. The second-order valence-corrected chi connectivity index (χ2v) is 4.31. The molecule has 1 aromatic heterocycles. The molecule has 2 rings (SSSR count). The maximum absolute atomic E-state index is 5.89. The molecule has 0 bridgehead atoms. The first-order valence-corrected chi connectivity index (χ1v) is 5.89. The van der Waals surface area contributed by atoms with Gasteiger partial charge in [0.1, 0.15) is 5.76 Å². The van der Waals surface area contributed by atoms with Crippen molar-refractivity contribution in [1.29, 1.82) is 0 Å². The third-order valence-corrected chi connectivity index (χ3v) is 3.05. The molecule has 1 unspecified atom stereocenters. The highest BCUT2D eigenvalue weighted by Crippen LogP contribution is 2.23. The lowest BCUT2D eigenvalue weighted by atomic mass is 10.1. The molecule has 0 spiro atoms. The van der Waals surface area contributed by atoms with Crippen molar-refractivity contribution in [2.24, 2.45) is 5.73 Å². The maximum Gasteiger partial charge on any atom is 0.195 e. The van der Waals surface area contributed by atoms with Crippen LogP contribution in [0.15, 0.2) is 16.5 Å². The molecule has 0 aromatic carbocycles. The Morgan fingerprint density at radius 2 is 2.06 bits per heavy atom. The summed E-state index contributed by atoms with van der Waals surface area (Å²) in [5.74, 6) is 2.04. The Hall–Kier alpha value is -0.670. The number of rotatable bonds is 4. The van der Waals surface area contributed by atoms with E-state index in [4.69, 9.17) is 10.2 Å². The molecule has 92 valence electrons. The second kappa shape index (κ2) is 6.16. The van der Waals surface area contributed by atoms with E-state index in [0.717, 1.165) is 37.6 Å². The van der Waals surface area contributed by atoms with Crippen LogP contribution >= 0.6 is 12.4 Å². The summed E-state index contributed by atoms with van der Waals surface area (Å²) >= 11 is 0. The molecule has 1 saturated heterocycles. The van der Waals surface area contributed by atoms with Crippen LogP contribution < -0.4 is 10.6 Å². The van der Waals surface area contributed by atoms with Crippen LogP contribution in [0.2, 0.25) is 0 Å². The smallest absolute Gasteiger partial charge is 0.195 e. The zero-order chi connectivity index (χ0) is 10.7. The molecule has 1 aromatic rings. The maximum atomic E-state index is 5.89. The number of hydrogen-bond donors (Lipinski definition) is 1. The third kappa shape index (κ3) is 3.16. The highest BCUT2D eigenvalue weighted by atomic mass is 35.5. The molecule has 1 fully saturated rings. The van der Waals surface area contributed by atoms with E-state index in [2.05, 4.69) is 24.0 Å². The molecule has 2 heterocycles. The predicted molar refractivity (Wildman–Crippen MR) is 69.4 cm³/mol. The van der Waals surface area contributed by atoms with Crippen molar-refractivity contribution in [2.75, 3.05) is 18.0 Å². The molecule has 0 radical (unpaired) electrons. The van der Waals surface area contributed by atoms with Gasteiger partial charge in [0.25, 0.3) is 0 Å². The van der Waals surface area contributed by atoms with Crippen molar-refractivity contribution in [1.82, 2.24) is 0 Å². The first-order chi connectivity index (χ1) is 7.29. The first-order valence-electron chi connectivity index (χ1n) is 5.89. The normalized spacial score (nSPS) is 17.2. The average Bonchev–Trinajstić information content (AvgIpc) is 2.85. The number of halogens is 1. The summed E-state index contributed by atoms with van der Waals surface area (Å²) < 4.78 is 5.79. The average molecular weight is 245 g/mol. The van der Waals surface area contributed by atoms with Crippen molar-refractivity contribution < 1.29 is 4.42 Å². The molecular weight excluding hydrogens is 224 g/mol. The zero-order valence-corrected chi connectivity index (χ0v) is 10.6. The van der Waals surface area contributed by atoms with Crippen molar-refractivity contribution >= 4 is 18.3 Å². The molecular formula is C12H21ClN2O. The fourth-order valence-electron chi connectivity index (χ4n) is 1.99. The van der Waals surface area contributed by atoms with Gasteiger partial charge < -0.3 is 15.1 Å². The van der Waals surface area contributed by atoms with E-state index < -0.39 is 0 Å². The van der Waals surface area contributed by atoms with Crippen LogP contribution in [0.4, 0.5) is 5.88 Å². The van der Waals surface area contributed by atoms with E-state index in [1.807, 2.05) is 0 Å². The van der Waals surface area contributed by atoms with Crippen molar-refractivity contribution in [3.8, 4) is 0 Å². The molecule has 16 heavy (non-hydrogen) atoms. The molecule has 1 aliphatic rings. The highest BCUT2D eigenvalue weighted by molar-refractivity contribution is 5.85. The molecule has 0 saturated carbocycles. The first kappa shape index (κ1) is 13.4. The van der Waals surface area contributed by atoms with Crippen LogP contribution in [0.1, 0.15) is 31.9 Å². The van der Waals surface area contributed by atoms with Crippen LogP contribution in [0.5, 0.6) is 0 Å². The van der Waals surface area contributed by atoms with Crippen molar-refractivity contribution in [3.05, 3.63) is 17.9 Å². The Morgan fingerprint density at radius 3 is 2.69 bits per heavy atom. The number of furan rings is 1. The van der Waals surface area contributed by atoms with E-state index in [-0.39, 0.29) is 18.4 Å². The lowest BCUT2D eigenvalue weighted by molar-refractivity contribution is 0.478. The number of nitrogens with two attached hydrogens (primary N) is 1. The van der Waals surface area contributed by atoms with Gasteiger partial charge in [0.15, 0.2) is 5.88 Å². The van der Waals surface area contributed by atoms with Crippen LogP contribution in [0.25, 0.3) is 0 Å². The van der Waals surface area contributed by atoms with Gasteiger partial charge in [0.2, 0.25) is 0 Å². The number of nitrogens with zero attached hydrogens (tertiary/aromatic N) is 1. The number of anilines is 1. The summed E-state index contributed by atoms with van der Waals surface area (Å²) in [6, 6.07) is 4.36. The third-order valence-electron chi connectivity index (χ3n) is 3.05. The molecule has 1 aliphatic heterocycles. The SMILES string of the molecule is CCC(N)Cc1ccc(N2CCCC2)o1.Cl. The monoisotopic (exact) mass is 244 g/mol. The standard InChI is InChI=1S/C12H20N2O.ClH/c1-2-10(13)9-11-5-6-12(15-11)14-7-3-4-8-14;/h5-6,10H,2-4,7-9,13H2,1H3;1H. The van der Waals surface area contributed by atoms with Gasteiger partial charge in [0, 0.05) is 31.6 Å². The number of hydrogen-bond acceptors (Lipinski definition) is 3. The Morgan fingerprint density at radius 1 is 1.38 bits per heavy atom. The van der Waals surface area contributed by atoms with Crippen LogP contribution in [0.3, 0.4) is 0 Å². The van der Waals surface area contributed by atoms with Gasteiger partial charge in [-0.3, -0.25) is 0 Å². The Labute approximate surface area is 103 Å². The van der Waals surface area contributed by atoms with Gasteiger partial charge in [-0.15, -0.1) is 12.4 Å². The molecule has 2 N–H and O–H groups in total. The Bertz CT molecular complexity index is 308. The van der Waals surface area contributed by atoms with E-state index in [1.165, 1.54) is 12.8 Å². The van der Waals surface area contributed by atoms with E-state index in [1.54, 1.807) is 0 Å². The van der Waals surface area contributed by atoms with Crippen molar-refractivity contribution in [2.45, 2.75) is 38.6 Å². The van der Waals surface area contributed by atoms with Crippen LogP contribution in [-0.4, -0.2) is 19.1 Å². The highest BCUT2D eigenvalue weighted by Gasteiger charge is 2.16. The predicted octanol–water partition coefficient (Wildman–Crippen LogP) is 2.58. The summed E-state index contributed by atoms with van der Waals surface area (Å²) in [6.45, 7) is 4.37. The van der Waals surface area contributed by atoms with E-state index >= 15 is 0 Å². The minimum atomic E-state index is 0. The van der Waals surface area contributed by atoms with E-state index in [9.17, 15) is 0 Å². The van der Waals surface area contributed by atoms with Gasteiger partial charge in [-0.2, -0.15) is 0 Å². The molecule has 4 heteroatoms. The summed E-state index contributed by atoms with van der Waals surface area (Å²) in [4.78, 5) is 2.31. The van der Waals surface area contributed by atoms with Crippen LogP contribution in [-0.2, 0) is 6.42 Å².